The molecule has 1 fully saturated rings. The molecule has 0 radical (unpaired) electrons. The lowest BCUT2D eigenvalue weighted by molar-refractivity contribution is -0.385. The number of benzene rings is 1. The molecule has 6 heteroatoms. The predicted molar refractivity (Wildman–Crippen MR) is 72.4 cm³/mol. The molecule has 1 aromatic rings. The van der Waals surface area contributed by atoms with E-state index >= 15 is 0 Å². The highest BCUT2D eigenvalue weighted by molar-refractivity contribution is 5.48. The Labute approximate surface area is 112 Å². The molecule has 0 aromatic heterocycles. The lowest BCUT2D eigenvalue weighted by atomic mass is 10.1. The van der Waals surface area contributed by atoms with E-state index in [4.69, 9.17) is 4.74 Å². The minimum Gasteiger partial charge on any atom is -0.490 e. The summed E-state index contributed by atoms with van der Waals surface area (Å²) in [6.45, 7) is 5.76. The SMILES string of the molecule is COc1ccc(CN2CCNCC2C)cc1[N+](=O)[O-]. The van der Waals surface area contributed by atoms with Gasteiger partial charge in [0.15, 0.2) is 5.75 Å². The number of rotatable bonds is 4. The Morgan fingerprint density at radius 3 is 3.00 bits per heavy atom. The molecule has 1 aromatic carbocycles. The summed E-state index contributed by atoms with van der Waals surface area (Å²) in [5.74, 6) is 0.308. The lowest BCUT2D eigenvalue weighted by Crippen LogP contribution is -2.49. The first-order chi connectivity index (χ1) is 9.11. The number of methoxy groups -OCH3 is 1. The summed E-state index contributed by atoms with van der Waals surface area (Å²) in [5.41, 5.74) is 0.976. The van der Waals surface area contributed by atoms with E-state index in [9.17, 15) is 10.1 Å². The van der Waals surface area contributed by atoms with E-state index < -0.39 is 4.92 Å². The van der Waals surface area contributed by atoms with Crippen LogP contribution in [-0.2, 0) is 6.54 Å². The van der Waals surface area contributed by atoms with Crippen LogP contribution in [0.25, 0.3) is 0 Å². The molecule has 1 unspecified atom stereocenters. The molecule has 104 valence electrons. The van der Waals surface area contributed by atoms with Crippen LogP contribution in [0.1, 0.15) is 12.5 Å². The molecule has 1 aliphatic heterocycles. The number of ether oxygens (including phenoxy) is 1. The molecular weight excluding hydrogens is 246 g/mol. The Kier molecular flexibility index (Phi) is 4.34. The fraction of sp³-hybridized carbons (Fsp3) is 0.538. The van der Waals surface area contributed by atoms with Crippen molar-refractivity contribution in [1.29, 1.82) is 0 Å². The zero-order valence-corrected chi connectivity index (χ0v) is 11.3. The molecule has 1 saturated heterocycles. The minimum absolute atomic E-state index is 0.0304. The summed E-state index contributed by atoms with van der Waals surface area (Å²) in [6, 6.07) is 5.60. The van der Waals surface area contributed by atoms with Crippen molar-refractivity contribution in [2.45, 2.75) is 19.5 Å². The van der Waals surface area contributed by atoms with Gasteiger partial charge in [-0.1, -0.05) is 6.07 Å². The van der Waals surface area contributed by atoms with Crippen molar-refractivity contribution < 1.29 is 9.66 Å². The smallest absolute Gasteiger partial charge is 0.311 e. The second kappa shape index (κ2) is 5.99. The summed E-state index contributed by atoms with van der Waals surface area (Å²) >= 11 is 0. The summed E-state index contributed by atoms with van der Waals surface area (Å²) in [5, 5.41) is 14.3. The highest BCUT2D eigenvalue weighted by atomic mass is 16.6. The highest BCUT2D eigenvalue weighted by Gasteiger charge is 2.20. The number of nitro groups is 1. The van der Waals surface area contributed by atoms with Crippen LogP contribution in [-0.4, -0.2) is 42.6 Å². The van der Waals surface area contributed by atoms with E-state index in [0.29, 0.717) is 11.8 Å². The van der Waals surface area contributed by atoms with Gasteiger partial charge in [0.2, 0.25) is 0 Å². The molecule has 19 heavy (non-hydrogen) atoms. The predicted octanol–water partition coefficient (Wildman–Crippen LogP) is 1.40. The normalized spacial score (nSPS) is 20.2. The molecule has 1 aliphatic rings. The Hall–Kier alpha value is -1.66. The molecule has 0 spiro atoms. The topological polar surface area (TPSA) is 67.6 Å². The summed E-state index contributed by atoms with van der Waals surface area (Å²) in [4.78, 5) is 12.9. The molecule has 0 bridgehead atoms. The average molecular weight is 265 g/mol. The number of hydrogen-bond acceptors (Lipinski definition) is 5. The summed E-state index contributed by atoms with van der Waals surface area (Å²) < 4.78 is 5.01. The number of hydrogen-bond donors (Lipinski definition) is 1. The number of piperazine rings is 1. The minimum atomic E-state index is -0.399. The molecule has 1 heterocycles. The van der Waals surface area contributed by atoms with Gasteiger partial charge in [-0.15, -0.1) is 0 Å². The first kappa shape index (κ1) is 13.8. The van der Waals surface area contributed by atoms with E-state index in [-0.39, 0.29) is 5.69 Å². The third kappa shape index (κ3) is 3.21. The molecular formula is C13H19N3O3. The van der Waals surface area contributed by atoms with Gasteiger partial charge in [-0.05, 0) is 18.6 Å². The Balaban J connectivity index is 2.16. The van der Waals surface area contributed by atoms with Crippen LogP contribution in [0.2, 0.25) is 0 Å². The maximum absolute atomic E-state index is 11.0. The van der Waals surface area contributed by atoms with Crippen molar-refractivity contribution in [3.05, 3.63) is 33.9 Å². The van der Waals surface area contributed by atoms with E-state index in [1.807, 2.05) is 6.07 Å². The number of nitro benzene ring substituents is 1. The van der Waals surface area contributed by atoms with Crippen LogP contribution in [0.15, 0.2) is 18.2 Å². The molecule has 2 rings (SSSR count). The first-order valence-corrected chi connectivity index (χ1v) is 6.38. The van der Waals surface area contributed by atoms with Crippen molar-refractivity contribution in [2.24, 2.45) is 0 Å². The van der Waals surface area contributed by atoms with Gasteiger partial charge in [0.25, 0.3) is 0 Å². The van der Waals surface area contributed by atoms with Crippen molar-refractivity contribution in [1.82, 2.24) is 10.2 Å². The van der Waals surface area contributed by atoms with Crippen molar-refractivity contribution >= 4 is 5.69 Å². The van der Waals surface area contributed by atoms with Crippen molar-refractivity contribution in [3.63, 3.8) is 0 Å². The standard InChI is InChI=1S/C13H19N3O3/c1-10-8-14-5-6-15(10)9-11-3-4-13(19-2)12(7-11)16(17)18/h3-4,7,10,14H,5-6,8-9H2,1-2H3. The van der Waals surface area contributed by atoms with Gasteiger partial charge in [0, 0.05) is 38.3 Å². The fourth-order valence-electron chi connectivity index (χ4n) is 2.33. The quantitative estimate of drug-likeness (QED) is 0.658. The van der Waals surface area contributed by atoms with E-state index in [2.05, 4.69) is 17.1 Å². The Morgan fingerprint density at radius 1 is 1.58 bits per heavy atom. The largest absolute Gasteiger partial charge is 0.490 e. The zero-order chi connectivity index (χ0) is 13.8. The second-order valence-corrected chi connectivity index (χ2v) is 4.79. The lowest BCUT2D eigenvalue weighted by Gasteiger charge is -2.33. The molecule has 1 N–H and O–H groups in total. The average Bonchev–Trinajstić information content (AvgIpc) is 2.41. The number of nitrogens with one attached hydrogen (secondary N) is 1. The molecule has 0 amide bonds. The van der Waals surface area contributed by atoms with E-state index in [1.165, 1.54) is 7.11 Å². The molecule has 0 saturated carbocycles. The third-order valence-corrected chi connectivity index (χ3v) is 3.46. The van der Waals surface area contributed by atoms with Crippen molar-refractivity contribution in [2.75, 3.05) is 26.7 Å². The summed E-state index contributed by atoms with van der Waals surface area (Å²) in [6.07, 6.45) is 0. The van der Waals surface area contributed by atoms with Crippen LogP contribution in [0.3, 0.4) is 0 Å². The molecule has 6 nitrogen and oxygen atoms in total. The maximum atomic E-state index is 11.0. The molecule has 1 atom stereocenters. The van der Waals surface area contributed by atoms with Crippen LogP contribution in [0, 0.1) is 10.1 Å². The van der Waals surface area contributed by atoms with E-state index in [0.717, 1.165) is 31.7 Å². The Morgan fingerprint density at radius 2 is 2.37 bits per heavy atom. The maximum Gasteiger partial charge on any atom is 0.311 e. The van der Waals surface area contributed by atoms with Crippen LogP contribution in [0.5, 0.6) is 5.75 Å². The van der Waals surface area contributed by atoms with Gasteiger partial charge in [0.05, 0.1) is 12.0 Å². The number of nitrogens with zero attached hydrogens (tertiary/aromatic N) is 2. The van der Waals surface area contributed by atoms with Gasteiger partial charge >= 0.3 is 5.69 Å². The molecule has 0 aliphatic carbocycles. The Bertz CT molecular complexity index is 464. The van der Waals surface area contributed by atoms with Crippen LogP contribution in [0.4, 0.5) is 5.69 Å². The third-order valence-electron chi connectivity index (χ3n) is 3.46. The highest BCUT2D eigenvalue weighted by Crippen LogP contribution is 2.28. The second-order valence-electron chi connectivity index (χ2n) is 4.79. The van der Waals surface area contributed by atoms with Crippen LogP contribution >= 0.6 is 0 Å². The first-order valence-electron chi connectivity index (χ1n) is 6.38. The summed E-state index contributed by atoms with van der Waals surface area (Å²) in [7, 11) is 1.44. The fourth-order valence-corrected chi connectivity index (χ4v) is 2.33. The monoisotopic (exact) mass is 265 g/mol. The van der Waals surface area contributed by atoms with Gasteiger partial charge in [-0.25, -0.2) is 0 Å². The zero-order valence-electron chi connectivity index (χ0n) is 11.3. The van der Waals surface area contributed by atoms with Gasteiger partial charge in [-0.2, -0.15) is 0 Å². The van der Waals surface area contributed by atoms with Crippen LogP contribution < -0.4 is 10.1 Å². The van der Waals surface area contributed by atoms with Gasteiger partial charge in [-0.3, -0.25) is 15.0 Å². The van der Waals surface area contributed by atoms with Gasteiger partial charge in [0.1, 0.15) is 0 Å². The van der Waals surface area contributed by atoms with E-state index in [1.54, 1.807) is 12.1 Å². The van der Waals surface area contributed by atoms with Crippen molar-refractivity contribution in [3.8, 4) is 5.75 Å². The van der Waals surface area contributed by atoms with Gasteiger partial charge < -0.3 is 10.1 Å².